The second kappa shape index (κ2) is 10.6. The molecule has 146 valence electrons. The number of rotatable bonds is 12. The molecule has 0 radical (unpaired) electrons. The highest BCUT2D eigenvalue weighted by Gasteiger charge is 2.29. The molecule has 0 spiro atoms. The molecule has 0 saturated carbocycles. The number of amides is 4. The van der Waals surface area contributed by atoms with Crippen molar-refractivity contribution in [2.75, 3.05) is 0 Å². The van der Waals surface area contributed by atoms with Crippen LogP contribution in [-0.4, -0.2) is 63.9 Å². The van der Waals surface area contributed by atoms with Crippen molar-refractivity contribution in [2.24, 2.45) is 17.2 Å². The Morgan fingerprint density at radius 2 is 1.35 bits per heavy atom. The van der Waals surface area contributed by atoms with E-state index in [-0.39, 0.29) is 12.8 Å². The normalized spacial score (nSPS) is 13.7. The van der Waals surface area contributed by atoms with Crippen LogP contribution in [0.2, 0.25) is 0 Å². The lowest BCUT2D eigenvalue weighted by molar-refractivity contribution is -0.144. The third kappa shape index (κ3) is 9.17. The summed E-state index contributed by atoms with van der Waals surface area (Å²) >= 11 is 0. The highest BCUT2D eigenvalue weighted by atomic mass is 16.4. The molecular formula is C13H21N5O8. The molecule has 13 heteroatoms. The van der Waals surface area contributed by atoms with Crippen molar-refractivity contribution >= 4 is 35.6 Å². The molecule has 0 aliphatic carbocycles. The van der Waals surface area contributed by atoms with Gasteiger partial charge in [-0.1, -0.05) is 0 Å². The van der Waals surface area contributed by atoms with E-state index in [4.69, 9.17) is 27.4 Å². The highest BCUT2D eigenvalue weighted by molar-refractivity contribution is 5.94. The van der Waals surface area contributed by atoms with Crippen LogP contribution in [0.1, 0.15) is 25.7 Å². The summed E-state index contributed by atoms with van der Waals surface area (Å²) in [4.78, 5) is 67.4. The fraction of sp³-hybridized carbons (Fsp3) is 0.538. The van der Waals surface area contributed by atoms with E-state index in [0.29, 0.717) is 0 Å². The molecule has 0 unspecified atom stereocenters. The van der Waals surface area contributed by atoms with Crippen molar-refractivity contribution in [3.63, 3.8) is 0 Å². The maximum Gasteiger partial charge on any atom is 0.326 e. The lowest BCUT2D eigenvalue weighted by atomic mass is 10.1. The zero-order valence-corrected chi connectivity index (χ0v) is 13.6. The molecule has 0 saturated heterocycles. The molecule has 0 aliphatic rings. The van der Waals surface area contributed by atoms with Crippen LogP contribution in [0.3, 0.4) is 0 Å². The van der Waals surface area contributed by atoms with Crippen LogP contribution in [0, 0.1) is 0 Å². The molecule has 0 aromatic heterocycles. The molecule has 26 heavy (non-hydrogen) atoms. The van der Waals surface area contributed by atoms with Gasteiger partial charge < -0.3 is 38.0 Å². The number of carboxylic acid groups (broad SMARTS) is 2. The summed E-state index contributed by atoms with van der Waals surface area (Å²) in [6, 6.07) is -4.55. The van der Waals surface area contributed by atoms with Crippen molar-refractivity contribution < 1.29 is 39.0 Å². The Labute approximate surface area is 147 Å². The Hall–Kier alpha value is -3.22. The molecule has 10 N–H and O–H groups in total. The first kappa shape index (κ1) is 22.8. The number of nitrogens with two attached hydrogens (primary N) is 3. The minimum absolute atomic E-state index is 0.296. The smallest absolute Gasteiger partial charge is 0.326 e. The van der Waals surface area contributed by atoms with Gasteiger partial charge in [-0.2, -0.15) is 0 Å². The molecule has 0 aromatic rings. The largest absolute Gasteiger partial charge is 0.481 e. The predicted octanol–water partition coefficient (Wildman–Crippen LogP) is -4.02. The third-order valence-corrected chi connectivity index (χ3v) is 3.06. The lowest BCUT2D eigenvalue weighted by Gasteiger charge is -2.22. The molecule has 13 nitrogen and oxygen atoms in total. The Morgan fingerprint density at radius 1 is 0.808 bits per heavy atom. The van der Waals surface area contributed by atoms with Gasteiger partial charge in [-0.3, -0.25) is 24.0 Å². The third-order valence-electron chi connectivity index (χ3n) is 3.06. The van der Waals surface area contributed by atoms with E-state index in [1.165, 1.54) is 0 Å². The Balaban J connectivity index is 5.14. The zero-order valence-electron chi connectivity index (χ0n) is 13.6. The van der Waals surface area contributed by atoms with Gasteiger partial charge in [-0.15, -0.1) is 0 Å². The molecular weight excluding hydrogens is 354 g/mol. The Bertz CT molecular complexity index is 593. The summed E-state index contributed by atoms with van der Waals surface area (Å²) in [6.07, 6.45) is -2.04. The van der Waals surface area contributed by atoms with Gasteiger partial charge in [0.1, 0.15) is 12.1 Å². The van der Waals surface area contributed by atoms with Crippen molar-refractivity contribution in [1.82, 2.24) is 10.6 Å². The summed E-state index contributed by atoms with van der Waals surface area (Å²) in [6.45, 7) is 0. The van der Waals surface area contributed by atoms with Gasteiger partial charge in [-0.25, -0.2) is 4.79 Å². The van der Waals surface area contributed by atoms with Gasteiger partial charge in [0.15, 0.2) is 0 Å². The van der Waals surface area contributed by atoms with Crippen molar-refractivity contribution in [2.45, 2.75) is 43.8 Å². The van der Waals surface area contributed by atoms with E-state index in [0.717, 1.165) is 0 Å². The number of carboxylic acids is 2. The minimum atomic E-state index is -1.65. The summed E-state index contributed by atoms with van der Waals surface area (Å²) in [5, 5.41) is 21.7. The standard InChI is InChI=1S/C13H21N5O8/c14-5(3-10(21)22)11(23)17-6(1-2-8(15)19)12(24)18-7(13(25)26)4-9(16)20/h5-7H,1-4,14H2,(H2,15,19)(H2,16,20)(H,17,23)(H,18,24)(H,21,22)(H,25,26)/t5-,6-,7-/m0/s1. The molecule has 0 fully saturated rings. The number of hydrogen-bond donors (Lipinski definition) is 7. The van der Waals surface area contributed by atoms with Crippen molar-refractivity contribution in [1.29, 1.82) is 0 Å². The maximum absolute atomic E-state index is 12.2. The van der Waals surface area contributed by atoms with Crippen LogP contribution in [0.5, 0.6) is 0 Å². The van der Waals surface area contributed by atoms with E-state index in [2.05, 4.69) is 5.32 Å². The molecule has 0 bridgehead atoms. The van der Waals surface area contributed by atoms with Crippen LogP contribution in [0.15, 0.2) is 0 Å². The average Bonchev–Trinajstić information content (AvgIpc) is 2.48. The van der Waals surface area contributed by atoms with E-state index in [1.807, 2.05) is 5.32 Å². The first-order valence-electron chi connectivity index (χ1n) is 7.31. The SMILES string of the molecule is NC(=O)CC[C@H](NC(=O)[C@@H](N)CC(=O)O)C(=O)N[C@@H](CC(N)=O)C(=O)O. The summed E-state index contributed by atoms with van der Waals surface area (Å²) < 4.78 is 0. The van der Waals surface area contributed by atoms with Gasteiger partial charge in [0.2, 0.25) is 23.6 Å². The van der Waals surface area contributed by atoms with E-state index >= 15 is 0 Å². The molecule has 0 aromatic carbocycles. The van der Waals surface area contributed by atoms with E-state index in [9.17, 15) is 28.8 Å². The monoisotopic (exact) mass is 375 g/mol. The first-order chi connectivity index (χ1) is 11.9. The number of nitrogens with one attached hydrogen (secondary N) is 2. The molecule has 4 amide bonds. The number of primary amides is 2. The predicted molar refractivity (Wildman–Crippen MR) is 84.0 cm³/mol. The zero-order chi connectivity index (χ0) is 20.4. The van der Waals surface area contributed by atoms with Crippen LogP contribution in [0.4, 0.5) is 0 Å². The Kier molecular flexibility index (Phi) is 9.29. The Morgan fingerprint density at radius 3 is 1.77 bits per heavy atom. The number of hydrogen-bond acceptors (Lipinski definition) is 7. The van der Waals surface area contributed by atoms with Crippen molar-refractivity contribution in [3.8, 4) is 0 Å². The lowest BCUT2D eigenvalue weighted by Crippen LogP contribution is -2.55. The number of carbonyl (C=O) groups is 6. The molecule has 0 rings (SSSR count). The van der Waals surface area contributed by atoms with Crippen LogP contribution in [0.25, 0.3) is 0 Å². The summed E-state index contributed by atoms with van der Waals surface area (Å²) in [7, 11) is 0. The first-order valence-corrected chi connectivity index (χ1v) is 7.31. The quantitative estimate of drug-likeness (QED) is 0.175. The van der Waals surface area contributed by atoms with Gasteiger partial charge in [0.05, 0.1) is 18.9 Å². The fourth-order valence-corrected chi connectivity index (χ4v) is 1.79. The van der Waals surface area contributed by atoms with Crippen LogP contribution < -0.4 is 27.8 Å². The van der Waals surface area contributed by atoms with Crippen LogP contribution >= 0.6 is 0 Å². The average molecular weight is 375 g/mol. The minimum Gasteiger partial charge on any atom is -0.481 e. The topological polar surface area (TPSA) is 245 Å². The summed E-state index contributed by atoms with van der Waals surface area (Å²) in [5.74, 6) is -6.70. The molecule has 3 atom stereocenters. The van der Waals surface area contributed by atoms with Crippen LogP contribution in [-0.2, 0) is 28.8 Å². The second-order valence-electron chi connectivity index (χ2n) is 5.34. The van der Waals surface area contributed by atoms with E-state index < -0.39 is 66.5 Å². The van der Waals surface area contributed by atoms with Gasteiger partial charge in [0.25, 0.3) is 0 Å². The summed E-state index contributed by atoms with van der Waals surface area (Å²) in [5.41, 5.74) is 15.2. The molecule has 0 aliphatic heterocycles. The van der Waals surface area contributed by atoms with E-state index in [1.54, 1.807) is 0 Å². The maximum atomic E-state index is 12.2. The van der Waals surface area contributed by atoms with Gasteiger partial charge in [-0.05, 0) is 6.42 Å². The molecule has 0 heterocycles. The number of carbonyl (C=O) groups excluding carboxylic acids is 4. The highest BCUT2D eigenvalue weighted by Crippen LogP contribution is 2.02. The number of aliphatic carboxylic acids is 2. The second-order valence-corrected chi connectivity index (χ2v) is 5.34. The van der Waals surface area contributed by atoms with Gasteiger partial charge in [0, 0.05) is 6.42 Å². The fourth-order valence-electron chi connectivity index (χ4n) is 1.79. The van der Waals surface area contributed by atoms with Crippen molar-refractivity contribution in [3.05, 3.63) is 0 Å². The van der Waals surface area contributed by atoms with Gasteiger partial charge >= 0.3 is 11.9 Å².